The molecular weight excluding hydrogens is 204 g/mol. The molecule has 0 spiro atoms. The summed E-state index contributed by atoms with van der Waals surface area (Å²) in [5.74, 6) is 0.425. The van der Waals surface area contributed by atoms with Gasteiger partial charge in [-0.3, -0.25) is 0 Å². The fourth-order valence-corrected chi connectivity index (χ4v) is 1.83. The lowest BCUT2D eigenvalue weighted by Crippen LogP contribution is -1.96. The summed E-state index contributed by atoms with van der Waals surface area (Å²) in [5, 5.41) is 0. The minimum atomic E-state index is -0.307. The molecule has 0 saturated heterocycles. The van der Waals surface area contributed by atoms with Crippen molar-refractivity contribution in [3.63, 3.8) is 0 Å². The molecule has 0 N–H and O–H groups in total. The first-order valence-electron chi connectivity index (χ1n) is 5.32. The summed E-state index contributed by atoms with van der Waals surface area (Å²) in [6.07, 6.45) is 4.49. The van der Waals surface area contributed by atoms with Crippen molar-refractivity contribution >= 4 is 5.97 Å². The maximum Gasteiger partial charge on any atom is 0.339 e. The Kier molecular flexibility index (Phi) is 2.95. The maximum atomic E-state index is 11.6. The van der Waals surface area contributed by atoms with Gasteiger partial charge in [0.1, 0.15) is 11.9 Å². The number of carbonyl (C=O) groups excluding carboxylic acids is 1. The minimum Gasteiger partial charge on any atom is -0.496 e. The van der Waals surface area contributed by atoms with E-state index < -0.39 is 0 Å². The highest BCUT2D eigenvalue weighted by atomic mass is 16.6. The zero-order chi connectivity index (χ0) is 11.5. The number of hydrogen-bond acceptors (Lipinski definition) is 3. The molecule has 1 atom stereocenters. The highest BCUT2D eigenvalue weighted by Gasteiger charge is 2.32. The standard InChI is InChI=1S/C13H14O3/c1-3-4-7-11-12-9(13(14)16-11)6-5-8-10(12)15-2/h4-8,11H,3H2,1-2H3. The van der Waals surface area contributed by atoms with E-state index >= 15 is 0 Å². The topological polar surface area (TPSA) is 35.5 Å². The van der Waals surface area contributed by atoms with Crippen LogP contribution >= 0.6 is 0 Å². The van der Waals surface area contributed by atoms with Crippen molar-refractivity contribution in [2.24, 2.45) is 0 Å². The molecule has 2 rings (SSSR count). The van der Waals surface area contributed by atoms with Crippen LogP contribution in [-0.4, -0.2) is 13.1 Å². The van der Waals surface area contributed by atoms with Crippen LogP contribution in [0.1, 0.15) is 35.4 Å². The van der Waals surface area contributed by atoms with Crippen molar-refractivity contribution in [3.05, 3.63) is 41.5 Å². The lowest BCUT2D eigenvalue weighted by molar-refractivity contribution is 0.0465. The summed E-state index contributed by atoms with van der Waals surface area (Å²) in [6, 6.07) is 5.40. The average Bonchev–Trinajstić information content (AvgIpc) is 2.64. The van der Waals surface area contributed by atoms with Gasteiger partial charge in [0.25, 0.3) is 0 Å². The number of hydrogen-bond donors (Lipinski definition) is 0. The fourth-order valence-electron chi connectivity index (χ4n) is 1.83. The van der Waals surface area contributed by atoms with Crippen molar-refractivity contribution in [1.29, 1.82) is 0 Å². The van der Waals surface area contributed by atoms with E-state index in [2.05, 4.69) is 0 Å². The van der Waals surface area contributed by atoms with Crippen LogP contribution in [0.4, 0.5) is 0 Å². The Balaban J connectivity index is 2.45. The second-order valence-electron chi connectivity index (χ2n) is 3.58. The molecule has 0 fully saturated rings. The van der Waals surface area contributed by atoms with Crippen molar-refractivity contribution in [2.45, 2.75) is 19.4 Å². The molecule has 0 radical (unpaired) electrons. The van der Waals surface area contributed by atoms with Crippen LogP contribution in [0.25, 0.3) is 0 Å². The van der Waals surface area contributed by atoms with Crippen LogP contribution in [0, 0.1) is 0 Å². The first kappa shape index (κ1) is 10.7. The normalized spacial score (nSPS) is 18.6. The SMILES string of the molecule is CCC=CC1OC(=O)c2cccc(OC)c21. The predicted octanol–water partition coefficient (Wildman–Crippen LogP) is 2.87. The Morgan fingerprint density at radius 3 is 3.00 bits per heavy atom. The molecule has 1 aromatic rings. The third kappa shape index (κ3) is 1.69. The third-order valence-electron chi connectivity index (χ3n) is 2.57. The van der Waals surface area contributed by atoms with Gasteiger partial charge in [-0.1, -0.05) is 19.1 Å². The van der Waals surface area contributed by atoms with Gasteiger partial charge < -0.3 is 9.47 Å². The lowest BCUT2D eigenvalue weighted by atomic mass is 10.0. The Bertz CT molecular complexity index is 435. The highest BCUT2D eigenvalue weighted by molar-refractivity contribution is 5.95. The monoisotopic (exact) mass is 218 g/mol. The van der Waals surface area contributed by atoms with E-state index in [1.165, 1.54) is 0 Å². The van der Waals surface area contributed by atoms with Gasteiger partial charge in [-0.2, -0.15) is 0 Å². The van der Waals surface area contributed by atoms with Gasteiger partial charge in [0.05, 0.1) is 18.2 Å². The molecule has 1 unspecified atom stereocenters. The number of ether oxygens (including phenoxy) is 2. The van der Waals surface area contributed by atoms with E-state index in [1.807, 2.05) is 25.1 Å². The number of benzene rings is 1. The van der Waals surface area contributed by atoms with Crippen LogP contribution in [-0.2, 0) is 4.74 Å². The summed E-state index contributed by atoms with van der Waals surface area (Å²) in [7, 11) is 1.60. The molecule has 1 aromatic carbocycles. The summed E-state index contributed by atoms with van der Waals surface area (Å²) in [5.41, 5.74) is 1.44. The number of carbonyl (C=O) groups is 1. The van der Waals surface area contributed by atoms with Crippen LogP contribution in [0.15, 0.2) is 30.4 Å². The fraction of sp³-hybridized carbons (Fsp3) is 0.308. The van der Waals surface area contributed by atoms with E-state index in [4.69, 9.17) is 9.47 Å². The summed E-state index contributed by atoms with van der Waals surface area (Å²) >= 11 is 0. The summed E-state index contributed by atoms with van der Waals surface area (Å²) in [4.78, 5) is 11.6. The van der Waals surface area contributed by atoms with Crippen LogP contribution in [0.3, 0.4) is 0 Å². The molecule has 0 amide bonds. The molecular formula is C13H14O3. The summed E-state index contributed by atoms with van der Waals surface area (Å²) < 4.78 is 10.5. The molecule has 1 aliphatic heterocycles. The smallest absolute Gasteiger partial charge is 0.339 e. The molecule has 0 aromatic heterocycles. The van der Waals surface area contributed by atoms with Crippen LogP contribution in [0.5, 0.6) is 5.75 Å². The number of fused-ring (bicyclic) bond motifs is 1. The molecule has 3 nitrogen and oxygen atoms in total. The van der Waals surface area contributed by atoms with Gasteiger partial charge >= 0.3 is 5.97 Å². The van der Waals surface area contributed by atoms with Gasteiger partial charge in [-0.05, 0) is 24.6 Å². The van der Waals surface area contributed by atoms with E-state index in [-0.39, 0.29) is 12.1 Å². The molecule has 1 heterocycles. The van der Waals surface area contributed by atoms with Crippen molar-refractivity contribution in [2.75, 3.05) is 7.11 Å². The molecule has 16 heavy (non-hydrogen) atoms. The van der Waals surface area contributed by atoms with Crippen molar-refractivity contribution in [1.82, 2.24) is 0 Å². The Morgan fingerprint density at radius 1 is 1.50 bits per heavy atom. The Labute approximate surface area is 94.7 Å². The first-order chi connectivity index (χ1) is 7.77. The van der Waals surface area contributed by atoms with E-state index in [1.54, 1.807) is 19.2 Å². The van der Waals surface area contributed by atoms with Gasteiger partial charge in [0, 0.05) is 0 Å². The average molecular weight is 218 g/mol. The van der Waals surface area contributed by atoms with E-state index in [0.717, 1.165) is 12.0 Å². The predicted molar refractivity (Wildman–Crippen MR) is 60.6 cm³/mol. The second kappa shape index (κ2) is 4.39. The Morgan fingerprint density at radius 2 is 2.31 bits per heavy atom. The maximum absolute atomic E-state index is 11.6. The number of methoxy groups -OCH3 is 1. The molecule has 0 aliphatic carbocycles. The molecule has 1 aliphatic rings. The van der Waals surface area contributed by atoms with Crippen LogP contribution in [0.2, 0.25) is 0 Å². The third-order valence-corrected chi connectivity index (χ3v) is 2.57. The highest BCUT2D eigenvalue weighted by Crippen LogP contribution is 2.38. The number of allylic oxidation sites excluding steroid dienone is 1. The van der Waals surface area contributed by atoms with Crippen molar-refractivity contribution in [3.8, 4) is 5.75 Å². The van der Waals surface area contributed by atoms with Gasteiger partial charge in [0.15, 0.2) is 0 Å². The van der Waals surface area contributed by atoms with E-state index in [0.29, 0.717) is 11.3 Å². The Hall–Kier alpha value is -1.77. The number of rotatable bonds is 3. The van der Waals surface area contributed by atoms with Gasteiger partial charge in [-0.15, -0.1) is 0 Å². The zero-order valence-corrected chi connectivity index (χ0v) is 9.40. The first-order valence-corrected chi connectivity index (χ1v) is 5.32. The quantitative estimate of drug-likeness (QED) is 0.578. The number of cyclic esters (lactones) is 1. The molecule has 3 heteroatoms. The van der Waals surface area contributed by atoms with Crippen molar-refractivity contribution < 1.29 is 14.3 Å². The molecule has 0 bridgehead atoms. The summed E-state index contributed by atoms with van der Waals surface area (Å²) in [6.45, 7) is 2.04. The van der Waals surface area contributed by atoms with Crippen LogP contribution < -0.4 is 4.74 Å². The van der Waals surface area contributed by atoms with Gasteiger partial charge in [0.2, 0.25) is 0 Å². The zero-order valence-electron chi connectivity index (χ0n) is 9.40. The lowest BCUT2D eigenvalue weighted by Gasteiger charge is -2.09. The van der Waals surface area contributed by atoms with Gasteiger partial charge in [-0.25, -0.2) is 4.79 Å². The molecule has 84 valence electrons. The molecule has 0 saturated carbocycles. The second-order valence-corrected chi connectivity index (χ2v) is 3.58. The van der Waals surface area contributed by atoms with E-state index in [9.17, 15) is 4.79 Å². The minimum absolute atomic E-state index is 0.278. The largest absolute Gasteiger partial charge is 0.496 e. The number of esters is 1.